The molecule has 0 aliphatic carbocycles. The molecule has 1 aliphatic heterocycles. The maximum Gasteiger partial charge on any atom is 0.214 e. The first-order valence-corrected chi connectivity index (χ1v) is 6.95. The SMILES string of the molecule is CNCCCS(=O)(=O)N1CC=C(C)CC1. The van der Waals surface area contributed by atoms with Crippen LogP contribution >= 0.6 is 0 Å². The molecule has 0 radical (unpaired) electrons. The highest BCUT2D eigenvalue weighted by molar-refractivity contribution is 7.89. The van der Waals surface area contributed by atoms with Gasteiger partial charge in [-0.05, 0) is 33.4 Å². The van der Waals surface area contributed by atoms with Crippen molar-refractivity contribution in [2.45, 2.75) is 19.8 Å². The molecule has 0 unspecified atom stereocenters. The molecule has 15 heavy (non-hydrogen) atoms. The van der Waals surface area contributed by atoms with Gasteiger partial charge in [0.2, 0.25) is 10.0 Å². The van der Waals surface area contributed by atoms with Crippen molar-refractivity contribution in [1.29, 1.82) is 0 Å². The van der Waals surface area contributed by atoms with Gasteiger partial charge in [-0.2, -0.15) is 4.31 Å². The molecular weight excluding hydrogens is 212 g/mol. The zero-order chi connectivity index (χ0) is 11.3. The highest BCUT2D eigenvalue weighted by Crippen LogP contribution is 2.13. The Bertz CT molecular complexity index is 322. The van der Waals surface area contributed by atoms with Crippen LogP contribution in [0.3, 0.4) is 0 Å². The summed E-state index contributed by atoms with van der Waals surface area (Å²) in [5.74, 6) is 0.251. The number of hydrogen-bond acceptors (Lipinski definition) is 3. The molecule has 0 fully saturated rings. The fourth-order valence-corrected chi connectivity index (χ4v) is 3.00. The van der Waals surface area contributed by atoms with Gasteiger partial charge in [0.25, 0.3) is 0 Å². The summed E-state index contributed by atoms with van der Waals surface area (Å²) in [6.45, 7) is 3.99. The van der Waals surface area contributed by atoms with Crippen LogP contribution in [-0.4, -0.2) is 45.2 Å². The topological polar surface area (TPSA) is 49.4 Å². The molecule has 0 atom stereocenters. The average molecular weight is 232 g/mol. The van der Waals surface area contributed by atoms with Gasteiger partial charge in [0.15, 0.2) is 0 Å². The Morgan fingerprint density at radius 3 is 2.80 bits per heavy atom. The van der Waals surface area contributed by atoms with Crippen LogP contribution < -0.4 is 5.32 Å². The van der Waals surface area contributed by atoms with Crippen LogP contribution in [0.2, 0.25) is 0 Å². The third-order valence-corrected chi connectivity index (χ3v) is 4.54. The normalized spacial score (nSPS) is 18.9. The lowest BCUT2D eigenvalue weighted by Gasteiger charge is -2.24. The van der Waals surface area contributed by atoms with Gasteiger partial charge in [-0.25, -0.2) is 8.42 Å². The van der Waals surface area contributed by atoms with E-state index in [2.05, 4.69) is 5.32 Å². The Morgan fingerprint density at radius 2 is 2.27 bits per heavy atom. The van der Waals surface area contributed by atoms with E-state index in [-0.39, 0.29) is 5.75 Å². The van der Waals surface area contributed by atoms with Crippen molar-refractivity contribution in [2.24, 2.45) is 0 Å². The van der Waals surface area contributed by atoms with Crippen LogP contribution in [-0.2, 0) is 10.0 Å². The zero-order valence-electron chi connectivity index (χ0n) is 9.49. The molecule has 0 spiro atoms. The average Bonchev–Trinajstić information content (AvgIpc) is 2.18. The summed E-state index contributed by atoms with van der Waals surface area (Å²) in [5, 5.41) is 2.96. The monoisotopic (exact) mass is 232 g/mol. The lowest BCUT2D eigenvalue weighted by atomic mass is 10.1. The first-order chi connectivity index (χ1) is 7.06. The summed E-state index contributed by atoms with van der Waals surface area (Å²) in [5.41, 5.74) is 1.29. The van der Waals surface area contributed by atoms with Crippen LogP contribution in [0.1, 0.15) is 19.8 Å². The van der Waals surface area contributed by atoms with Crippen molar-refractivity contribution in [3.8, 4) is 0 Å². The van der Waals surface area contributed by atoms with Gasteiger partial charge in [-0.1, -0.05) is 11.6 Å². The standard InChI is InChI=1S/C10H20N2O2S/c1-10-4-7-12(8-5-10)15(13,14)9-3-6-11-2/h4,11H,3,5-9H2,1-2H3. The Morgan fingerprint density at radius 1 is 1.53 bits per heavy atom. The van der Waals surface area contributed by atoms with Crippen LogP contribution in [0.4, 0.5) is 0 Å². The van der Waals surface area contributed by atoms with Gasteiger partial charge in [0, 0.05) is 13.1 Å². The minimum absolute atomic E-state index is 0.251. The second-order valence-corrected chi connectivity index (χ2v) is 6.02. The number of nitrogens with one attached hydrogen (secondary N) is 1. The maximum absolute atomic E-state index is 11.8. The van der Waals surface area contributed by atoms with Crippen molar-refractivity contribution in [3.63, 3.8) is 0 Å². The molecule has 0 bridgehead atoms. The van der Waals surface area contributed by atoms with Crippen LogP contribution in [0.15, 0.2) is 11.6 Å². The fraction of sp³-hybridized carbons (Fsp3) is 0.800. The lowest BCUT2D eigenvalue weighted by Crippen LogP contribution is -2.36. The van der Waals surface area contributed by atoms with Gasteiger partial charge in [-0.15, -0.1) is 0 Å². The maximum atomic E-state index is 11.8. The first kappa shape index (κ1) is 12.7. The molecule has 1 heterocycles. The van der Waals surface area contributed by atoms with Crippen molar-refractivity contribution in [3.05, 3.63) is 11.6 Å². The Balaban J connectivity index is 2.48. The van der Waals surface area contributed by atoms with Gasteiger partial charge in [0.05, 0.1) is 5.75 Å². The highest BCUT2D eigenvalue weighted by atomic mass is 32.2. The molecule has 0 aromatic carbocycles. The molecule has 0 aromatic heterocycles. The van der Waals surface area contributed by atoms with E-state index in [1.54, 1.807) is 4.31 Å². The molecule has 0 amide bonds. The Hall–Kier alpha value is -0.390. The smallest absolute Gasteiger partial charge is 0.214 e. The first-order valence-electron chi connectivity index (χ1n) is 5.34. The third-order valence-electron chi connectivity index (χ3n) is 2.62. The molecule has 0 saturated heterocycles. The summed E-state index contributed by atoms with van der Waals surface area (Å²) >= 11 is 0. The Kier molecular flexibility index (Phi) is 4.76. The second-order valence-electron chi connectivity index (χ2n) is 3.93. The lowest BCUT2D eigenvalue weighted by molar-refractivity contribution is 0.430. The van der Waals surface area contributed by atoms with Crippen LogP contribution in [0.5, 0.6) is 0 Å². The van der Waals surface area contributed by atoms with E-state index < -0.39 is 10.0 Å². The number of nitrogens with zero attached hydrogens (tertiary/aromatic N) is 1. The molecule has 5 heteroatoms. The van der Waals surface area contributed by atoms with Gasteiger partial charge in [0.1, 0.15) is 0 Å². The van der Waals surface area contributed by atoms with Crippen molar-refractivity contribution < 1.29 is 8.42 Å². The van der Waals surface area contributed by atoms with E-state index >= 15 is 0 Å². The van der Waals surface area contributed by atoms with Gasteiger partial charge >= 0.3 is 0 Å². The molecule has 4 nitrogen and oxygen atoms in total. The van der Waals surface area contributed by atoms with Crippen LogP contribution in [0.25, 0.3) is 0 Å². The quantitative estimate of drug-likeness (QED) is 0.557. The second kappa shape index (κ2) is 5.63. The summed E-state index contributed by atoms with van der Waals surface area (Å²) in [4.78, 5) is 0. The zero-order valence-corrected chi connectivity index (χ0v) is 10.3. The molecule has 1 aliphatic rings. The summed E-state index contributed by atoms with van der Waals surface area (Å²) in [6, 6.07) is 0. The number of rotatable bonds is 5. The molecular formula is C10H20N2O2S. The van der Waals surface area contributed by atoms with Crippen molar-refractivity contribution >= 4 is 10.0 Å². The Labute approximate surface area is 92.4 Å². The van der Waals surface area contributed by atoms with E-state index in [9.17, 15) is 8.42 Å². The molecule has 0 aromatic rings. The minimum Gasteiger partial charge on any atom is -0.320 e. The summed E-state index contributed by atoms with van der Waals surface area (Å²) in [6.07, 6.45) is 3.54. The summed E-state index contributed by atoms with van der Waals surface area (Å²) < 4.78 is 25.3. The van der Waals surface area contributed by atoms with Crippen molar-refractivity contribution in [1.82, 2.24) is 9.62 Å². The van der Waals surface area contributed by atoms with Crippen LogP contribution in [0, 0.1) is 0 Å². The predicted molar refractivity (Wildman–Crippen MR) is 62.3 cm³/mol. The minimum atomic E-state index is -3.03. The van der Waals surface area contributed by atoms with E-state index in [0.717, 1.165) is 13.0 Å². The largest absolute Gasteiger partial charge is 0.320 e. The summed E-state index contributed by atoms with van der Waals surface area (Å²) in [7, 11) is -1.20. The molecule has 88 valence electrons. The van der Waals surface area contributed by atoms with E-state index in [4.69, 9.17) is 0 Å². The van der Waals surface area contributed by atoms with E-state index in [1.807, 2.05) is 20.0 Å². The van der Waals surface area contributed by atoms with E-state index in [0.29, 0.717) is 19.5 Å². The van der Waals surface area contributed by atoms with Gasteiger partial charge < -0.3 is 5.32 Å². The molecule has 1 N–H and O–H groups in total. The third kappa shape index (κ3) is 3.93. The van der Waals surface area contributed by atoms with E-state index in [1.165, 1.54) is 5.57 Å². The molecule has 0 saturated carbocycles. The predicted octanol–water partition coefficient (Wildman–Crippen LogP) is 0.578. The molecule has 1 rings (SSSR count). The fourth-order valence-electron chi connectivity index (χ4n) is 1.57. The highest BCUT2D eigenvalue weighted by Gasteiger charge is 2.22. The van der Waals surface area contributed by atoms with Crippen molar-refractivity contribution in [2.75, 3.05) is 32.4 Å². The number of sulfonamides is 1. The number of hydrogen-bond donors (Lipinski definition) is 1. The van der Waals surface area contributed by atoms with Gasteiger partial charge in [-0.3, -0.25) is 0 Å².